The first-order chi connectivity index (χ1) is 29.6. The van der Waals surface area contributed by atoms with Gasteiger partial charge in [0, 0.05) is 19.4 Å². The number of unbranched alkanes of at least 4 members (excludes halogenated alkanes) is 23. The van der Waals surface area contributed by atoms with Crippen LogP contribution in [0.4, 0.5) is 0 Å². The summed E-state index contributed by atoms with van der Waals surface area (Å²) in [5, 5.41) is 0. The Balaban J connectivity index is 4.25. The van der Waals surface area contributed by atoms with Crippen molar-refractivity contribution in [1.82, 2.24) is 0 Å². The molecule has 0 aliphatic heterocycles. The molecular weight excluding hydrogens is 741 g/mol. The lowest BCUT2D eigenvalue weighted by atomic mass is 10.1. The molecule has 0 aliphatic rings. The first-order valence-electron chi connectivity index (χ1n) is 25.5. The van der Waals surface area contributed by atoms with Crippen molar-refractivity contribution in [1.29, 1.82) is 0 Å². The molecule has 0 heterocycles. The second-order valence-corrected chi connectivity index (χ2v) is 16.7. The zero-order valence-corrected chi connectivity index (χ0v) is 39.7. The SMILES string of the molecule is CC/C=C\C/C=C\C/C=C\CCCCCCCCCC(=O)OCC(COCCCCCCCCCCCC)OC(=O)CCCCCCCCC/C=C\C/C=C\C/C=C\CC. The lowest BCUT2D eigenvalue weighted by Gasteiger charge is -2.18. The predicted octanol–water partition coefficient (Wildman–Crippen LogP) is 17.1. The second kappa shape index (κ2) is 50.7. The zero-order chi connectivity index (χ0) is 43.5. The van der Waals surface area contributed by atoms with Crippen molar-refractivity contribution in [2.24, 2.45) is 0 Å². The van der Waals surface area contributed by atoms with Gasteiger partial charge in [0.2, 0.25) is 0 Å². The van der Waals surface area contributed by atoms with E-state index in [2.05, 4.69) is 93.7 Å². The van der Waals surface area contributed by atoms with Gasteiger partial charge in [0.15, 0.2) is 6.10 Å². The van der Waals surface area contributed by atoms with Crippen molar-refractivity contribution in [2.75, 3.05) is 19.8 Å². The van der Waals surface area contributed by atoms with Gasteiger partial charge in [0.05, 0.1) is 6.61 Å². The van der Waals surface area contributed by atoms with Gasteiger partial charge in [-0.25, -0.2) is 0 Å². The van der Waals surface area contributed by atoms with Crippen LogP contribution in [0.25, 0.3) is 0 Å². The zero-order valence-electron chi connectivity index (χ0n) is 39.7. The Morgan fingerprint density at radius 3 is 1.20 bits per heavy atom. The summed E-state index contributed by atoms with van der Waals surface area (Å²) in [5.41, 5.74) is 0. The standard InChI is InChI=1S/C55H96O5/c1-4-7-10-13-16-19-22-24-26-28-30-32-34-36-39-42-45-48-54(56)59-52-53(51-58-50-47-44-41-38-21-18-15-12-9-6-3)60-55(57)49-46-43-40-37-35-33-31-29-27-25-23-20-17-14-11-8-5-2/h7-8,10-11,16-17,19-20,24-27,53H,4-6,9,12-15,18,21-23,28-52H2,1-3H3/b10-7-,11-8-,19-16-,20-17-,26-24-,27-25-. The highest BCUT2D eigenvalue weighted by Gasteiger charge is 2.17. The fourth-order valence-corrected chi connectivity index (χ4v) is 7.01. The second-order valence-electron chi connectivity index (χ2n) is 16.7. The molecule has 5 heteroatoms. The fraction of sp³-hybridized carbons (Fsp3) is 0.745. The van der Waals surface area contributed by atoms with Crippen LogP contribution < -0.4 is 0 Å². The molecule has 1 atom stereocenters. The third-order valence-electron chi connectivity index (χ3n) is 10.7. The first kappa shape index (κ1) is 57.3. The quantitative estimate of drug-likeness (QED) is 0.0347. The van der Waals surface area contributed by atoms with Crippen molar-refractivity contribution in [3.63, 3.8) is 0 Å². The predicted molar refractivity (Wildman–Crippen MR) is 260 cm³/mol. The lowest BCUT2D eigenvalue weighted by Crippen LogP contribution is -2.30. The number of carbonyl (C=O) groups excluding carboxylic acids is 2. The van der Waals surface area contributed by atoms with Gasteiger partial charge in [0.1, 0.15) is 6.61 Å². The molecule has 0 rings (SSSR count). The largest absolute Gasteiger partial charge is 0.462 e. The molecule has 0 aromatic heterocycles. The summed E-state index contributed by atoms with van der Waals surface area (Å²) in [7, 11) is 0. The van der Waals surface area contributed by atoms with E-state index in [0.717, 1.165) is 103 Å². The number of hydrogen-bond donors (Lipinski definition) is 0. The molecule has 0 spiro atoms. The van der Waals surface area contributed by atoms with E-state index in [1.807, 2.05) is 0 Å². The van der Waals surface area contributed by atoms with E-state index < -0.39 is 6.10 Å². The Kier molecular flexibility index (Phi) is 48.4. The number of hydrogen-bond acceptors (Lipinski definition) is 5. The number of rotatable bonds is 46. The van der Waals surface area contributed by atoms with Gasteiger partial charge in [-0.15, -0.1) is 0 Å². The summed E-state index contributed by atoms with van der Waals surface area (Å²) in [6.07, 6.45) is 64.7. The summed E-state index contributed by atoms with van der Waals surface area (Å²) in [6.45, 7) is 7.60. The monoisotopic (exact) mass is 837 g/mol. The summed E-state index contributed by atoms with van der Waals surface area (Å²) < 4.78 is 17.4. The van der Waals surface area contributed by atoms with Crippen molar-refractivity contribution < 1.29 is 23.8 Å². The van der Waals surface area contributed by atoms with Gasteiger partial charge in [-0.05, 0) is 83.5 Å². The number of allylic oxidation sites excluding steroid dienone is 12. The summed E-state index contributed by atoms with van der Waals surface area (Å²) in [4.78, 5) is 25.4. The molecule has 0 aromatic rings. The van der Waals surface area contributed by atoms with Crippen LogP contribution in [-0.2, 0) is 23.8 Å². The van der Waals surface area contributed by atoms with E-state index in [9.17, 15) is 9.59 Å². The topological polar surface area (TPSA) is 61.8 Å². The van der Waals surface area contributed by atoms with Crippen molar-refractivity contribution in [3.05, 3.63) is 72.9 Å². The molecule has 0 saturated carbocycles. The van der Waals surface area contributed by atoms with Gasteiger partial charge >= 0.3 is 11.9 Å². The van der Waals surface area contributed by atoms with Crippen LogP contribution >= 0.6 is 0 Å². The Morgan fingerprint density at radius 1 is 0.383 bits per heavy atom. The average Bonchev–Trinajstić information content (AvgIpc) is 3.25. The van der Waals surface area contributed by atoms with Crippen LogP contribution in [-0.4, -0.2) is 37.9 Å². The van der Waals surface area contributed by atoms with Crippen molar-refractivity contribution >= 4 is 11.9 Å². The van der Waals surface area contributed by atoms with E-state index in [1.54, 1.807) is 0 Å². The van der Waals surface area contributed by atoms with Gasteiger partial charge in [-0.3, -0.25) is 9.59 Å². The highest BCUT2D eigenvalue weighted by atomic mass is 16.6. The minimum absolute atomic E-state index is 0.0756. The van der Waals surface area contributed by atoms with Crippen LogP contribution in [0.1, 0.15) is 239 Å². The molecule has 346 valence electrons. The molecule has 0 aliphatic carbocycles. The molecular formula is C55H96O5. The van der Waals surface area contributed by atoms with Crippen LogP contribution in [0.5, 0.6) is 0 Å². The molecule has 60 heavy (non-hydrogen) atoms. The molecule has 0 fully saturated rings. The molecule has 0 N–H and O–H groups in total. The maximum atomic E-state index is 12.8. The third kappa shape index (κ3) is 48.0. The van der Waals surface area contributed by atoms with E-state index >= 15 is 0 Å². The highest BCUT2D eigenvalue weighted by Crippen LogP contribution is 2.14. The molecule has 0 radical (unpaired) electrons. The van der Waals surface area contributed by atoms with Gasteiger partial charge in [0.25, 0.3) is 0 Å². The van der Waals surface area contributed by atoms with Gasteiger partial charge in [-0.1, -0.05) is 216 Å². The van der Waals surface area contributed by atoms with E-state index in [4.69, 9.17) is 14.2 Å². The highest BCUT2D eigenvalue weighted by molar-refractivity contribution is 5.70. The maximum absolute atomic E-state index is 12.8. The Hall–Kier alpha value is -2.66. The summed E-state index contributed by atoms with van der Waals surface area (Å²) in [6, 6.07) is 0. The van der Waals surface area contributed by atoms with E-state index in [1.165, 1.54) is 103 Å². The average molecular weight is 837 g/mol. The van der Waals surface area contributed by atoms with E-state index in [-0.39, 0.29) is 25.2 Å². The molecule has 0 aromatic carbocycles. The maximum Gasteiger partial charge on any atom is 0.306 e. The minimum Gasteiger partial charge on any atom is -0.462 e. The van der Waals surface area contributed by atoms with Crippen molar-refractivity contribution in [2.45, 2.75) is 245 Å². The lowest BCUT2D eigenvalue weighted by molar-refractivity contribution is -0.163. The van der Waals surface area contributed by atoms with Gasteiger partial charge < -0.3 is 14.2 Å². The number of ether oxygens (including phenoxy) is 3. The smallest absolute Gasteiger partial charge is 0.306 e. The Labute approximate surface area is 372 Å². The van der Waals surface area contributed by atoms with Crippen LogP contribution in [0.3, 0.4) is 0 Å². The number of esters is 2. The first-order valence-corrected chi connectivity index (χ1v) is 25.5. The van der Waals surface area contributed by atoms with Gasteiger partial charge in [-0.2, -0.15) is 0 Å². The molecule has 0 bridgehead atoms. The molecule has 0 amide bonds. The van der Waals surface area contributed by atoms with Crippen LogP contribution in [0, 0.1) is 0 Å². The van der Waals surface area contributed by atoms with E-state index in [0.29, 0.717) is 19.4 Å². The van der Waals surface area contributed by atoms with Crippen molar-refractivity contribution in [3.8, 4) is 0 Å². The van der Waals surface area contributed by atoms with Crippen LogP contribution in [0.15, 0.2) is 72.9 Å². The fourth-order valence-electron chi connectivity index (χ4n) is 7.01. The third-order valence-corrected chi connectivity index (χ3v) is 10.7. The summed E-state index contributed by atoms with van der Waals surface area (Å²) in [5.74, 6) is -0.416. The van der Waals surface area contributed by atoms with Crippen LogP contribution in [0.2, 0.25) is 0 Å². The Morgan fingerprint density at radius 2 is 0.750 bits per heavy atom. The summed E-state index contributed by atoms with van der Waals surface area (Å²) >= 11 is 0. The normalized spacial score (nSPS) is 12.8. The minimum atomic E-state index is -0.545. The molecule has 1 unspecified atom stereocenters. The Bertz CT molecular complexity index is 1080. The molecule has 5 nitrogen and oxygen atoms in total. The number of carbonyl (C=O) groups is 2. The molecule has 0 saturated heterocycles.